The van der Waals surface area contributed by atoms with Crippen molar-refractivity contribution in [1.29, 1.82) is 0 Å². The predicted molar refractivity (Wildman–Crippen MR) is 98.4 cm³/mol. The van der Waals surface area contributed by atoms with E-state index in [9.17, 15) is 19.3 Å². The Morgan fingerprint density at radius 1 is 0.857 bits per heavy atom. The first-order chi connectivity index (χ1) is 13.3. The maximum atomic E-state index is 13.2. The highest BCUT2D eigenvalue weighted by atomic mass is 31.2. The van der Waals surface area contributed by atoms with Gasteiger partial charge in [-0.25, -0.2) is 4.57 Å². The van der Waals surface area contributed by atoms with Gasteiger partial charge in [0.2, 0.25) is 11.2 Å². The molecule has 2 amide bonds. The van der Waals surface area contributed by atoms with Gasteiger partial charge in [-0.3, -0.25) is 23.2 Å². The maximum absolute atomic E-state index is 13.2. The van der Waals surface area contributed by atoms with Gasteiger partial charge in [0.25, 0.3) is 11.8 Å². The SMILES string of the molecule is COP(=O)(OC)OC1(C2(O)C(=O)Nc3ccccc32)C(=O)Nc2ccccc21. The molecule has 0 radical (unpaired) electrons. The molecule has 2 heterocycles. The number of hydrogen-bond donors (Lipinski definition) is 3. The molecule has 3 N–H and O–H groups in total. The van der Waals surface area contributed by atoms with Crippen molar-refractivity contribution in [3.05, 3.63) is 59.7 Å². The second-order valence-electron chi connectivity index (χ2n) is 6.29. The van der Waals surface area contributed by atoms with Crippen molar-refractivity contribution in [3.8, 4) is 0 Å². The first-order valence-corrected chi connectivity index (χ1v) is 9.75. The number of nitrogens with one attached hydrogen (secondary N) is 2. The molecular weight excluding hydrogens is 387 g/mol. The van der Waals surface area contributed by atoms with Crippen LogP contribution in [-0.2, 0) is 38.9 Å². The van der Waals surface area contributed by atoms with Gasteiger partial charge in [-0.1, -0.05) is 36.4 Å². The number of anilines is 2. The Balaban J connectivity index is 2.05. The lowest BCUT2D eigenvalue weighted by Gasteiger charge is -2.39. The summed E-state index contributed by atoms with van der Waals surface area (Å²) in [5.74, 6) is -1.78. The van der Waals surface area contributed by atoms with E-state index in [-0.39, 0.29) is 11.1 Å². The fraction of sp³-hybridized carbons (Fsp3) is 0.222. The average molecular weight is 404 g/mol. The molecule has 0 bridgehead atoms. The highest BCUT2D eigenvalue weighted by Gasteiger charge is 2.71. The summed E-state index contributed by atoms with van der Waals surface area (Å²) in [6.07, 6.45) is 0. The van der Waals surface area contributed by atoms with E-state index in [1.165, 1.54) is 12.1 Å². The van der Waals surface area contributed by atoms with Gasteiger partial charge in [-0.15, -0.1) is 0 Å². The fourth-order valence-electron chi connectivity index (χ4n) is 3.66. The van der Waals surface area contributed by atoms with Crippen molar-refractivity contribution in [2.75, 3.05) is 24.9 Å². The molecule has 0 fully saturated rings. The number of para-hydroxylation sites is 2. The minimum atomic E-state index is -4.32. The van der Waals surface area contributed by atoms with E-state index in [0.29, 0.717) is 11.4 Å². The Labute approximate surface area is 160 Å². The summed E-state index contributed by atoms with van der Waals surface area (Å²) in [7, 11) is -2.18. The highest BCUT2D eigenvalue weighted by molar-refractivity contribution is 7.48. The van der Waals surface area contributed by atoms with E-state index < -0.39 is 30.8 Å². The van der Waals surface area contributed by atoms with E-state index in [2.05, 4.69) is 10.6 Å². The number of amides is 2. The zero-order valence-corrected chi connectivity index (χ0v) is 15.9. The van der Waals surface area contributed by atoms with Crippen LogP contribution >= 0.6 is 7.82 Å². The topological polar surface area (TPSA) is 123 Å². The van der Waals surface area contributed by atoms with Crippen molar-refractivity contribution in [1.82, 2.24) is 0 Å². The van der Waals surface area contributed by atoms with E-state index in [4.69, 9.17) is 13.6 Å². The monoisotopic (exact) mass is 404 g/mol. The molecule has 0 aromatic heterocycles. The van der Waals surface area contributed by atoms with Gasteiger partial charge in [0.05, 0.1) is 0 Å². The first kappa shape index (κ1) is 18.8. The summed E-state index contributed by atoms with van der Waals surface area (Å²) in [6.45, 7) is 0. The Morgan fingerprint density at radius 2 is 1.36 bits per heavy atom. The second kappa shape index (κ2) is 6.23. The lowest BCUT2D eigenvalue weighted by Crippen LogP contribution is -2.58. The number of hydrogen-bond acceptors (Lipinski definition) is 7. The minimum Gasteiger partial charge on any atom is -0.372 e. The Kier molecular flexibility index (Phi) is 4.18. The van der Waals surface area contributed by atoms with E-state index in [1.807, 2.05) is 0 Å². The number of carbonyl (C=O) groups excluding carboxylic acids is 2. The minimum absolute atomic E-state index is 0.102. The third kappa shape index (κ3) is 2.25. The van der Waals surface area contributed by atoms with Crippen LogP contribution in [0, 0.1) is 0 Å². The molecule has 0 aliphatic carbocycles. The van der Waals surface area contributed by atoms with Gasteiger partial charge < -0.3 is 15.7 Å². The molecule has 2 aliphatic heterocycles. The van der Waals surface area contributed by atoms with Crippen molar-refractivity contribution in [2.45, 2.75) is 11.2 Å². The summed E-state index contributed by atoms with van der Waals surface area (Å²) in [5, 5.41) is 16.8. The molecule has 2 aromatic carbocycles. The Morgan fingerprint density at radius 3 is 1.96 bits per heavy atom. The summed E-state index contributed by atoms with van der Waals surface area (Å²) in [6, 6.07) is 12.7. The zero-order chi connectivity index (χ0) is 20.2. The summed E-state index contributed by atoms with van der Waals surface area (Å²) < 4.78 is 28.2. The number of phosphoric ester groups is 1. The number of benzene rings is 2. The smallest absolute Gasteiger partial charge is 0.372 e. The van der Waals surface area contributed by atoms with Gasteiger partial charge in [-0.2, -0.15) is 0 Å². The van der Waals surface area contributed by atoms with Crippen LogP contribution in [0.3, 0.4) is 0 Å². The zero-order valence-electron chi connectivity index (χ0n) is 15.0. The lowest BCUT2D eigenvalue weighted by atomic mass is 9.74. The van der Waals surface area contributed by atoms with Crippen LogP contribution < -0.4 is 10.6 Å². The van der Waals surface area contributed by atoms with E-state index >= 15 is 0 Å². The molecule has 0 spiro atoms. The van der Waals surface area contributed by atoms with Gasteiger partial charge in [0.1, 0.15) is 0 Å². The summed E-state index contributed by atoms with van der Waals surface area (Å²) in [4.78, 5) is 26.2. The largest absolute Gasteiger partial charge is 0.475 e. The standard InChI is InChI=1S/C18H17N2O7P/c1-25-28(24,26-2)27-18(12-8-4-6-10-14(12)20-16(18)22)17(23)11-7-3-5-9-13(11)19-15(17)21/h3-10,23H,1-2H3,(H,19,21)(H,20,22). The number of aliphatic hydroxyl groups is 1. The van der Waals surface area contributed by atoms with Crippen LogP contribution in [0.4, 0.5) is 11.4 Å². The summed E-state index contributed by atoms with van der Waals surface area (Å²) in [5.41, 5.74) is -4.11. The Bertz CT molecular complexity index is 1030. The fourth-order valence-corrected chi connectivity index (χ4v) is 4.60. The quantitative estimate of drug-likeness (QED) is 0.652. The van der Waals surface area contributed by atoms with Gasteiger partial charge in [-0.05, 0) is 12.1 Å². The molecule has 0 saturated heterocycles. The molecular formula is C18H17N2O7P. The van der Waals surface area contributed by atoms with E-state index in [1.54, 1.807) is 36.4 Å². The third-order valence-corrected chi connectivity index (χ3v) is 6.37. The van der Waals surface area contributed by atoms with Crippen LogP contribution in [0.25, 0.3) is 0 Å². The number of fused-ring (bicyclic) bond motifs is 2. The lowest BCUT2D eigenvalue weighted by molar-refractivity contribution is -0.178. The van der Waals surface area contributed by atoms with E-state index in [0.717, 1.165) is 14.2 Å². The van der Waals surface area contributed by atoms with Gasteiger partial charge in [0.15, 0.2) is 0 Å². The maximum Gasteiger partial charge on any atom is 0.475 e. The molecule has 2 aromatic rings. The highest BCUT2D eigenvalue weighted by Crippen LogP contribution is 2.62. The number of phosphoric acid groups is 1. The third-order valence-electron chi connectivity index (χ3n) is 4.97. The average Bonchev–Trinajstić information content (AvgIpc) is 3.14. The van der Waals surface area contributed by atoms with Crippen LogP contribution in [-0.4, -0.2) is 31.1 Å². The van der Waals surface area contributed by atoms with Crippen molar-refractivity contribution in [3.63, 3.8) is 0 Å². The molecule has 2 unspecified atom stereocenters. The molecule has 10 heteroatoms. The Hall–Kier alpha value is -2.55. The van der Waals surface area contributed by atoms with Crippen molar-refractivity contribution >= 4 is 31.0 Å². The molecule has 2 atom stereocenters. The molecule has 146 valence electrons. The first-order valence-electron chi connectivity index (χ1n) is 8.29. The van der Waals surface area contributed by atoms with Crippen LogP contribution in [0.15, 0.2) is 48.5 Å². The van der Waals surface area contributed by atoms with Gasteiger partial charge in [0, 0.05) is 36.7 Å². The molecule has 28 heavy (non-hydrogen) atoms. The van der Waals surface area contributed by atoms with Crippen LogP contribution in [0.1, 0.15) is 11.1 Å². The normalized spacial score (nSPS) is 25.8. The number of carbonyl (C=O) groups is 2. The summed E-state index contributed by atoms with van der Waals surface area (Å²) >= 11 is 0. The van der Waals surface area contributed by atoms with Crippen LogP contribution in [0.2, 0.25) is 0 Å². The van der Waals surface area contributed by atoms with Gasteiger partial charge >= 0.3 is 7.82 Å². The number of rotatable bonds is 5. The predicted octanol–water partition coefficient (Wildman–Crippen LogP) is 2.09. The van der Waals surface area contributed by atoms with Crippen molar-refractivity contribution in [2.24, 2.45) is 0 Å². The molecule has 9 nitrogen and oxygen atoms in total. The molecule has 2 aliphatic rings. The van der Waals surface area contributed by atoms with Crippen LogP contribution in [0.5, 0.6) is 0 Å². The van der Waals surface area contributed by atoms with Crippen molar-refractivity contribution < 1.29 is 32.8 Å². The molecule has 4 rings (SSSR count). The second-order valence-corrected chi connectivity index (χ2v) is 8.10. The molecule has 0 saturated carbocycles.